The van der Waals surface area contributed by atoms with Gasteiger partial charge < -0.3 is 4.98 Å². The maximum Gasteiger partial charge on any atom is 0.211 e. The second-order valence-electron chi connectivity index (χ2n) is 9.33. The Morgan fingerprint density at radius 3 is 2.35 bits per heavy atom. The van der Waals surface area contributed by atoms with Gasteiger partial charge in [-0.2, -0.15) is 0 Å². The van der Waals surface area contributed by atoms with Crippen LogP contribution in [0.4, 0.5) is 0 Å². The summed E-state index contributed by atoms with van der Waals surface area (Å²) >= 11 is 0. The molecule has 0 saturated carbocycles. The van der Waals surface area contributed by atoms with Gasteiger partial charge in [0.1, 0.15) is 0 Å². The van der Waals surface area contributed by atoms with Crippen molar-refractivity contribution in [2.75, 3.05) is 13.1 Å². The molecule has 6 heteroatoms. The van der Waals surface area contributed by atoms with Crippen molar-refractivity contribution in [1.29, 1.82) is 0 Å². The first-order valence-electron chi connectivity index (χ1n) is 12.9. The summed E-state index contributed by atoms with van der Waals surface area (Å²) in [6.45, 7) is 2.28. The van der Waals surface area contributed by atoms with Crippen LogP contribution >= 0.6 is 0 Å². The molecule has 0 aliphatic rings. The maximum atomic E-state index is 14.0. The Morgan fingerprint density at radius 1 is 0.973 bits per heavy atom. The molecule has 0 radical (unpaired) electrons. The molecule has 0 bridgehead atoms. The topological polar surface area (TPSA) is 88.4 Å². The van der Waals surface area contributed by atoms with E-state index in [9.17, 15) is 14.9 Å². The van der Waals surface area contributed by atoms with Crippen molar-refractivity contribution in [3.05, 3.63) is 118 Å². The van der Waals surface area contributed by atoms with Crippen LogP contribution in [-0.4, -0.2) is 34.5 Å². The summed E-state index contributed by atoms with van der Waals surface area (Å²) in [5.74, 6) is -1.42. The number of ketones is 1. The number of hydrogen-bond donors (Lipinski definition) is 1. The molecule has 0 aliphatic heterocycles. The first-order chi connectivity index (χ1) is 18.1. The lowest BCUT2D eigenvalue weighted by molar-refractivity contribution is -0.483. The molecule has 4 rings (SSSR count). The van der Waals surface area contributed by atoms with E-state index in [-0.39, 0.29) is 17.3 Å². The minimum absolute atomic E-state index is 0.113. The normalized spacial score (nSPS) is 13.4. The summed E-state index contributed by atoms with van der Waals surface area (Å²) in [5, 5.41) is 13.0. The first-order valence-corrected chi connectivity index (χ1v) is 12.9. The van der Waals surface area contributed by atoms with E-state index in [0.29, 0.717) is 18.5 Å². The van der Waals surface area contributed by atoms with Crippen LogP contribution in [0.2, 0.25) is 0 Å². The number of fused-ring (bicyclic) bond motifs is 1. The van der Waals surface area contributed by atoms with Gasteiger partial charge in [-0.3, -0.25) is 19.9 Å². The van der Waals surface area contributed by atoms with E-state index in [1.54, 1.807) is 12.1 Å². The van der Waals surface area contributed by atoms with Crippen LogP contribution in [0, 0.1) is 16.0 Å². The number of hydrogen-bond acceptors (Lipinski definition) is 4. The van der Waals surface area contributed by atoms with Crippen LogP contribution in [0.3, 0.4) is 0 Å². The number of H-pyrrole nitrogens is 1. The Morgan fingerprint density at radius 2 is 1.65 bits per heavy atom. The Balaban J connectivity index is 1.73. The quantitative estimate of drug-likeness (QED) is 0.0947. The van der Waals surface area contributed by atoms with Crippen LogP contribution in [-0.2, 0) is 6.42 Å². The summed E-state index contributed by atoms with van der Waals surface area (Å²) in [5.41, 5.74) is 4.35. The molecule has 1 aromatic heterocycles. The maximum absolute atomic E-state index is 14.0. The molecule has 4 aromatic rings. The minimum Gasteiger partial charge on any atom is -0.361 e. The highest BCUT2D eigenvalue weighted by atomic mass is 16.6. The highest BCUT2D eigenvalue weighted by Gasteiger charge is 2.37. The highest BCUT2D eigenvalue weighted by Crippen LogP contribution is 2.31. The fourth-order valence-electron chi connectivity index (χ4n) is 4.96. The monoisotopic (exact) mass is 495 g/mol. The molecule has 1 N–H and O–H groups in total. The van der Waals surface area contributed by atoms with Crippen LogP contribution < -0.4 is 0 Å². The van der Waals surface area contributed by atoms with Gasteiger partial charge in [0, 0.05) is 39.8 Å². The fraction of sp³-hybridized carbons (Fsp3) is 0.290. The van der Waals surface area contributed by atoms with Gasteiger partial charge in [0.15, 0.2) is 5.78 Å². The third kappa shape index (κ3) is 6.58. The van der Waals surface area contributed by atoms with Gasteiger partial charge in [-0.15, -0.1) is 0 Å². The number of aromatic nitrogens is 1. The summed E-state index contributed by atoms with van der Waals surface area (Å²) in [7, 11) is 0. The van der Waals surface area contributed by atoms with E-state index in [2.05, 4.69) is 18.0 Å². The number of unbranched alkanes of at least 4 members (excludes halogenated alkanes) is 1. The highest BCUT2D eigenvalue weighted by molar-refractivity contribution is 6.13. The summed E-state index contributed by atoms with van der Waals surface area (Å²) < 4.78 is 0. The van der Waals surface area contributed by atoms with Crippen molar-refractivity contribution >= 4 is 22.4 Å². The molecule has 6 nitrogen and oxygen atoms in total. The molecular weight excluding hydrogens is 462 g/mol. The first kappa shape index (κ1) is 26.0. The number of nitrogens with zero attached hydrogens (tertiary/aromatic N) is 2. The number of aromatic amines is 1. The van der Waals surface area contributed by atoms with Crippen LogP contribution in [0.25, 0.3) is 10.9 Å². The SMILES string of the molecule is CCCCC(=NCCc1c[nH]c2ccccc12)C(C(=O)c1ccccc1)C(C[N+](=O)[O-])c1ccccc1. The third-order valence-corrected chi connectivity index (χ3v) is 6.83. The number of aliphatic imine (C=N–C) groups is 1. The third-order valence-electron chi connectivity index (χ3n) is 6.83. The zero-order valence-corrected chi connectivity index (χ0v) is 21.2. The van der Waals surface area contributed by atoms with Gasteiger partial charge in [0.2, 0.25) is 6.54 Å². The van der Waals surface area contributed by atoms with E-state index in [1.165, 1.54) is 10.9 Å². The van der Waals surface area contributed by atoms with Gasteiger partial charge >= 0.3 is 0 Å². The molecule has 0 aliphatic carbocycles. The van der Waals surface area contributed by atoms with Crippen LogP contribution in [0.15, 0.2) is 96.1 Å². The standard InChI is InChI=1S/C31H33N3O3/c1-2-3-17-29(32-20-19-25-21-33-28-18-11-10-16-26(25)28)30(31(35)24-14-8-5-9-15-24)27(22-34(36)37)23-12-6-4-7-13-23/h4-16,18,21,27,30,33H,2-3,17,19-20,22H2,1H3. The van der Waals surface area contributed by atoms with Crippen molar-refractivity contribution in [2.45, 2.75) is 38.5 Å². The average Bonchev–Trinajstić information content (AvgIpc) is 3.34. The molecule has 190 valence electrons. The minimum atomic E-state index is -0.704. The predicted octanol–water partition coefficient (Wildman–Crippen LogP) is 6.90. The second-order valence-corrected chi connectivity index (χ2v) is 9.33. The van der Waals surface area contributed by atoms with Crippen LogP contribution in [0.1, 0.15) is 53.6 Å². The summed E-state index contributed by atoms with van der Waals surface area (Å²) in [6, 6.07) is 26.6. The molecule has 3 aromatic carbocycles. The van der Waals surface area contributed by atoms with E-state index in [4.69, 9.17) is 4.99 Å². The largest absolute Gasteiger partial charge is 0.361 e. The van der Waals surface area contributed by atoms with Gasteiger partial charge in [-0.25, -0.2) is 0 Å². The Labute approximate surface area is 217 Å². The van der Waals surface area contributed by atoms with Crippen molar-refractivity contribution in [1.82, 2.24) is 4.98 Å². The lowest BCUT2D eigenvalue weighted by Gasteiger charge is -2.26. The zero-order valence-electron chi connectivity index (χ0n) is 21.2. The molecule has 37 heavy (non-hydrogen) atoms. The molecule has 0 amide bonds. The molecule has 2 unspecified atom stereocenters. The lowest BCUT2D eigenvalue weighted by Crippen LogP contribution is -2.34. The second kappa shape index (κ2) is 12.8. The van der Waals surface area contributed by atoms with Crippen molar-refractivity contribution in [3.8, 4) is 0 Å². The Bertz CT molecular complexity index is 1350. The molecule has 0 fully saturated rings. The average molecular weight is 496 g/mol. The molecule has 2 atom stereocenters. The number of benzene rings is 3. The predicted molar refractivity (Wildman–Crippen MR) is 149 cm³/mol. The van der Waals surface area contributed by atoms with Gasteiger partial charge in [0.25, 0.3) is 0 Å². The van der Waals surface area contributed by atoms with E-state index in [1.807, 2.05) is 72.9 Å². The summed E-state index contributed by atoms with van der Waals surface area (Å²) in [6.07, 6.45) is 5.17. The van der Waals surface area contributed by atoms with Crippen LogP contribution in [0.5, 0.6) is 0 Å². The molecular formula is C31H33N3O3. The molecule has 1 heterocycles. The Hall–Kier alpha value is -4.06. The summed E-state index contributed by atoms with van der Waals surface area (Å²) in [4.78, 5) is 33.8. The van der Waals surface area contributed by atoms with Gasteiger partial charge in [0.05, 0.1) is 11.8 Å². The Kier molecular flexibility index (Phi) is 8.98. The van der Waals surface area contributed by atoms with E-state index < -0.39 is 11.8 Å². The number of Topliss-reactive ketones (excluding diaryl/α,β-unsaturated/α-hetero) is 1. The van der Waals surface area contributed by atoms with Gasteiger partial charge in [-0.1, -0.05) is 92.2 Å². The van der Waals surface area contributed by atoms with Crippen molar-refractivity contribution in [2.24, 2.45) is 10.9 Å². The number of nitro groups is 1. The molecule has 0 spiro atoms. The van der Waals surface area contributed by atoms with Crippen molar-refractivity contribution in [3.63, 3.8) is 0 Å². The van der Waals surface area contributed by atoms with Crippen molar-refractivity contribution < 1.29 is 9.72 Å². The lowest BCUT2D eigenvalue weighted by atomic mass is 9.77. The fourth-order valence-corrected chi connectivity index (χ4v) is 4.96. The number of carbonyl (C=O) groups is 1. The van der Waals surface area contributed by atoms with E-state index in [0.717, 1.165) is 36.1 Å². The number of rotatable bonds is 13. The number of carbonyl (C=O) groups excluding carboxylic acids is 1. The number of nitrogens with one attached hydrogen (secondary N) is 1. The number of para-hydroxylation sites is 1. The van der Waals surface area contributed by atoms with E-state index >= 15 is 0 Å². The van der Waals surface area contributed by atoms with Gasteiger partial charge in [-0.05, 0) is 36.5 Å². The zero-order chi connectivity index (χ0) is 26.0. The smallest absolute Gasteiger partial charge is 0.211 e. The molecule has 0 saturated heterocycles.